The van der Waals surface area contributed by atoms with Gasteiger partial charge in [-0.1, -0.05) is 0 Å². The molecule has 0 amide bonds. The maximum atomic E-state index is 11.0. The van der Waals surface area contributed by atoms with Crippen LogP contribution >= 0.6 is 0 Å². The van der Waals surface area contributed by atoms with Gasteiger partial charge in [-0.2, -0.15) is 5.10 Å². The first-order valence-electron chi connectivity index (χ1n) is 6.53. The SMILES string of the molecule is O=C(O)c1cc2n(n1)C(C1CCCNC1)CCN2. The number of anilines is 1. The predicted molar refractivity (Wildman–Crippen MR) is 66.9 cm³/mol. The fourth-order valence-corrected chi connectivity index (χ4v) is 3.00. The number of rotatable bonds is 2. The summed E-state index contributed by atoms with van der Waals surface area (Å²) in [6, 6.07) is 1.95. The third kappa shape index (κ3) is 1.96. The lowest BCUT2D eigenvalue weighted by molar-refractivity contribution is 0.0688. The number of nitrogens with zero attached hydrogens (tertiary/aromatic N) is 2. The molecule has 0 bridgehead atoms. The van der Waals surface area contributed by atoms with E-state index in [1.165, 1.54) is 12.8 Å². The van der Waals surface area contributed by atoms with E-state index >= 15 is 0 Å². The highest BCUT2D eigenvalue weighted by Gasteiger charge is 2.30. The van der Waals surface area contributed by atoms with Crippen molar-refractivity contribution < 1.29 is 9.90 Å². The van der Waals surface area contributed by atoms with Gasteiger partial charge in [-0.3, -0.25) is 0 Å². The molecule has 6 heteroatoms. The zero-order valence-corrected chi connectivity index (χ0v) is 10.2. The smallest absolute Gasteiger partial charge is 0.356 e. The van der Waals surface area contributed by atoms with Crippen molar-refractivity contribution in [2.24, 2.45) is 5.92 Å². The summed E-state index contributed by atoms with van der Waals surface area (Å²) in [7, 11) is 0. The van der Waals surface area contributed by atoms with E-state index in [0.717, 1.165) is 31.9 Å². The number of piperidine rings is 1. The molecule has 2 aliphatic heterocycles. The van der Waals surface area contributed by atoms with Gasteiger partial charge in [-0.15, -0.1) is 0 Å². The zero-order chi connectivity index (χ0) is 12.5. The van der Waals surface area contributed by atoms with Crippen molar-refractivity contribution >= 4 is 11.8 Å². The van der Waals surface area contributed by atoms with E-state index in [0.29, 0.717) is 12.0 Å². The van der Waals surface area contributed by atoms with Gasteiger partial charge >= 0.3 is 5.97 Å². The molecule has 18 heavy (non-hydrogen) atoms. The van der Waals surface area contributed by atoms with Gasteiger partial charge in [0.1, 0.15) is 5.82 Å². The van der Waals surface area contributed by atoms with E-state index in [-0.39, 0.29) is 5.69 Å². The largest absolute Gasteiger partial charge is 0.476 e. The molecule has 0 radical (unpaired) electrons. The van der Waals surface area contributed by atoms with Crippen LogP contribution < -0.4 is 10.6 Å². The fourth-order valence-electron chi connectivity index (χ4n) is 3.00. The second-order valence-electron chi connectivity index (χ2n) is 5.05. The minimum absolute atomic E-state index is 0.133. The molecule has 2 atom stereocenters. The van der Waals surface area contributed by atoms with E-state index in [1.54, 1.807) is 6.07 Å². The summed E-state index contributed by atoms with van der Waals surface area (Å²) in [5.74, 6) is 0.439. The second kappa shape index (κ2) is 4.61. The molecule has 0 saturated carbocycles. The Kier molecular flexibility index (Phi) is 2.95. The molecule has 2 unspecified atom stereocenters. The van der Waals surface area contributed by atoms with Crippen LogP contribution in [0.25, 0.3) is 0 Å². The van der Waals surface area contributed by atoms with Crippen molar-refractivity contribution in [1.82, 2.24) is 15.1 Å². The monoisotopic (exact) mass is 250 g/mol. The zero-order valence-electron chi connectivity index (χ0n) is 10.2. The molecule has 0 aliphatic carbocycles. The lowest BCUT2D eigenvalue weighted by atomic mass is 9.89. The van der Waals surface area contributed by atoms with E-state index in [4.69, 9.17) is 5.11 Å². The quantitative estimate of drug-likeness (QED) is 0.728. The average Bonchev–Trinajstić information content (AvgIpc) is 2.83. The van der Waals surface area contributed by atoms with E-state index < -0.39 is 5.97 Å². The third-order valence-corrected chi connectivity index (χ3v) is 3.89. The number of aromatic nitrogens is 2. The molecular formula is C12H18N4O2. The Labute approximate surface area is 105 Å². The molecule has 3 N–H and O–H groups in total. The average molecular weight is 250 g/mol. The van der Waals surface area contributed by atoms with Crippen molar-refractivity contribution in [2.45, 2.75) is 25.3 Å². The predicted octanol–water partition coefficient (Wildman–Crippen LogP) is 0.938. The fraction of sp³-hybridized carbons (Fsp3) is 0.667. The first-order valence-corrected chi connectivity index (χ1v) is 6.53. The van der Waals surface area contributed by atoms with Gasteiger partial charge in [0.2, 0.25) is 0 Å². The minimum atomic E-state index is -0.959. The summed E-state index contributed by atoms with van der Waals surface area (Å²) in [6.45, 7) is 2.99. The Morgan fingerprint density at radius 2 is 2.33 bits per heavy atom. The topological polar surface area (TPSA) is 79.2 Å². The van der Waals surface area contributed by atoms with Crippen LogP contribution in [-0.2, 0) is 0 Å². The van der Waals surface area contributed by atoms with Crippen molar-refractivity contribution in [2.75, 3.05) is 25.0 Å². The Hall–Kier alpha value is -1.56. The van der Waals surface area contributed by atoms with Crippen LogP contribution in [0, 0.1) is 5.92 Å². The number of hydrogen-bond acceptors (Lipinski definition) is 4. The van der Waals surface area contributed by atoms with Gasteiger partial charge in [0, 0.05) is 12.6 Å². The number of carboxylic acid groups (broad SMARTS) is 1. The van der Waals surface area contributed by atoms with Crippen molar-refractivity contribution in [3.05, 3.63) is 11.8 Å². The van der Waals surface area contributed by atoms with Gasteiger partial charge < -0.3 is 15.7 Å². The molecular weight excluding hydrogens is 232 g/mol. The maximum absolute atomic E-state index is 11.0. The second-order valence-corrected chi connectivity index (χ2v) is 5.05. The van der Waals surface area contributed by atoms with Gasteiger partial charge in [-0.05, 0) is 38.3 Å². The van der Waals surface area contributed by atoms with Crippen molar-refractivity contribution in [3.63, 3.8) is 0 Å². The standard InChI is InChI=1S/C12H18N4O2/c17-12(18)9-6-11-14-5-3-10(16(11)15-9)8-2-1-4-13-7-8/h6,8,10,13-14H,1-5,7H2,(H,17,18). The molecule has 1 aromatic rings. The lowest BCUT2D eigenvalue weighted by Gasteiger charge is -2.34. The highest BCUT2D eigenvalue weighted by molar-refractivity contribution is 5.86. The summed E-state index contributed by atoms with van der Waals surface area (Å²) in [6.07, 6.45) is 3.40. The van der Waals surface area contributed by atoms with Crippen LogP contribution in [0.1, 0.15) is 35.8 Å². The number of fused-ring (bicyclic) bond motifs is 1. The summed E-state index contributed by atoms with van der Waals surface area (Å²) >= 11 is 0. The van der Waals surface area contributed by atoms with E-state index in [2.05, 4.69) is 15.7 Å². The lowest BCUT2D eigenvalue weighted by Crippen LogP contribution is -2.38. The van der Waals surface area contributed by atoms with Gasteiger partial charge in [-0.25, -0.2) is 9.48 Å². The van der Waals surface area contributed by atoms with Crippen LogP contribution in [0.2, 0.25) is 0 Å². The third-order valence-electron chi connectivity index (χ3n) is 3.89. The van der Waals surface area contributed by atoms with Crippen LogP contribution in [0.5, 0.6) is 0 Å². The maximum Gasteiger partial charge on any atom is 0.356 e. The van der Waals surface area contributed by atoms with Crippen molar-refractivity contribution in [3.8, 4) is 0 Å². The Balaban J connectivity index is 1.88. The molecule has 3 heterocycles. The molecule has 0 aromatic carbocycles. The van der Waals surface area contributed by atoms with Gasteiger partial charge in [0.15, 0.2) is 5.69 Å². The molecule has 1 fully saturated rings. The molecule has 0 spiro atoms. The summed E-state index contributed by atoms with van der Waals surface area (Å²) in [5, 5.41) is 19.9. The number of aromatic carboxylic acids is 1. The Bertz CT molecular complexity index is 451. The first kappa shape index (κ1) is 11.5. The number of nitrogens with one attached hydrogen (secondary N) is 2. The summed E-state index contributed by atoms with van der Waals surface area (Å²) in [4.78, 5) is 11.0. The summed E-state index contributed by atoms with van der Waals surface area (Å²) in [5.41, 5.74) is 0.133. The Morgan fingerprint density at radius 3 is 3.06 bits per heavy atom. The first-order chi connectivity index (χ1) is 8.75. The normalized spacial score (nSPS) is 27.3. The molecule has 98 valence electrons. The van der Waals surface area contributed by atoms with Crippen molar-refractivity contribution in [1.29, 1.82) is 0 Å². The van der Waals surface area contributed by atoms with Gasteiger partial charge in [0.05, 0.1) is 6.04 Å². The summed E-state index contributed by atoms with van der Waals surface area (Å²) < 4.78 is 1.88. The highest BCUT2D eigenvalue weighted by Crippen LogP contribution is 2.33. The molecule has 6 nitrogen and oxygen atoms in total. The molecule has 1 aromatic heterocycles. The number of carboxylic acids is 1. The molecule has 3 rings (SSSR count). The number of hydrogen-bond donors (Lipinski definition) is 3. The van der Waals surface area contributed by atoms with E-state index in [1.807, 2.05) is 4.68 Å². The minimum Gasteiger partial charge on any atom is -0.476 e. The Morgan fingerprint density at radius 1 is 1.44 bits per heavy atom. The molecule has 2 aliphatic rings. The van der Waals surface area contributed by atoms with E-state index in [9.17, 15) is 4.79 Å². The van der Waals surface area contributed by atoms with Crippen LogP contribution in [0.15, 0.2) is 6.07 Å². The van der Waals surface area contributed by atoms with Crippen LogP contribution in [-0.4, -0.2) is 40.5 Å². The van der Waals surface area contributed by atoms with Crippen LogP contribution in [0.3, 0.4) is 0 Å². The highest BCUT2D eigenvalue weighted by atomic mass is 16.4. The number of carbonyl (C=O) groups is 1. The van der Waals surface area contributed by atoms with Crippen LogP contribution in [0.4, 0.5) is 5.82 Å². The van der Waals surface area contributed by atoms with Gasteiger partial charge in [0.25, 0.3) is 0 Å². The molecule has 1 saturated heterocycles.